The van der Waals surface area contributed by atoms with Crippen LogP contribution in [0.25, 0.3) is 0 Å². The molecule has 2 aromatic rings. The topological polar surface area (TPSA) is 96.5 Å². The van der Waals surface area contributed by atoms with Gasteiger partial charge in [-0.25, -0.2) is 0 Å². The molecular weight excluding hydrogens is 346 g/mol. The van der Waals surface area contributed by atoms with E-state index in [0.29, 0.717) is 28.0 Å². The van der Waals surface area contributed by atoms with Gasteiger partial charge in [-0.05, 0) is 12.1 Å². The molecular formula is C17H16ClN3O4. The number of carbonyl (C=O) groups is 1. The van der Waals surface area contributed by atoms with Crippen molar-refractivity contribution in [3.8, 4) is 17.6 Å². The minimum absolute atomic E-state index is 0.109. The van der Waals surface area contributed by atoms with E-state index in [-0.39, 0.29) is 12.1 Å². The van der Waals surface area contributed by atoms with Crippen molar-refractivity contribution in [2.24, 2.45) is 0 Å². The average molecular weight is 362 g/mol. The van der Waals surface area contributed by atoms with Crippen molar-refractivity contribution < 1.29 is 18.7 Å². The third-order valence-electron chi connectivity index (χ3n) is 3.21. The highest BCUT2D eigenvalue weighted by Crippen LogP contribution is 2.35. The Morgan fingerprint density at radius 2 is 2.12 bits per heavy atom. The van der Waals surface area contributed by atoms with Gasteiger partial charge in [-0.1, -0.05) is 11.6 Å². The fourth-order valence-electron chi connectivity index (χ4n) is 1.95. The molecule has 1 amide bonds. The Morgan fingerprint density at radius 1 is 1.36 bits per heavy atom. The summed E-state index contributed by atoms with van der Waals surface area (Å²) in [6.07, 6.45) is 2.78. The highest BCUT2D eigenvalue weighted by atomic mass is 35.5. The first-order chi connectivity index (χ1) is 12.1. The molecule has 0 atom stereocenters. The second-order valence-corrected chi connectivity index (χ2v) is 5.17. The third kappa shape index (κ3) is 4.68. The molecule has 1 aromatic heterocycles. The molecule has 0 spiro atoms. The van der Waals surface area contributed by atoms with E-state index >= 15 is 0 Å². The van der Waals surface area contributed by atoms with Crippen molar-refractivity contribution in [1.82, 2.24) is 5.32 Å². The lowest BCUT2D eigenvalue weighted by Gasteiger charge is -2.12. The molecule has 25 heavy (non-hydrogen) atoms. The van der Waals surface area contributed by atoms with E-state index < -0.39 is 5.91 Å². The molecule has 0 bridgehead atoms. The fraction of sp³-hybridized carbons (Fsp3) is 0.176. The molecule has 7 nitrogen and oxygen atoms in total. The first-order valence-electron chi connectivity index (χ1n) is 7.18. The largest absolute Gasteiger partial charge is 0.495 e. The summed E-state index contributed by atoms with van der Waals surface area (Å²) in [4.78, 5) is 12.1. The number of nitrogens with zero attached hydrogens (tertiary/aromatic N) is 1. The summed E-state index contributed by atoms with van der Waals surface area (Å²) in [6, 6.07) is 8.45. The van der Waals surface area contributed by atoms with Crippen molar-refractivity contribution >= 4 is 23.2 Å². The number of ether oxygens (including phenoxy) is 2. The van der Waals surface area contributed by atoms with Crippen LogP contribution in [0.15, 0.2) is 46.7 Å². The maximum Gasteiger partial charge on any atom is 0.263 e. The Kier molecular flexibility index (Phi) is 6.32. The summed E-state index contributed by atoms with van der Waals surface area (Å²) >= 11 is 6.04. The lowest BCUT2D eigenvalue weighted by molar-refractivity contribution is -0.117. The van der Waals surface area contributed by atoms with Crippen LogP contribution in [0, 0.1) is 11.3 Å². The normalized spacial score (nSPS) is 10.7. The van der Waals surface area contributed by atoms with Crippen molar-refractivity contribution in [3.05, 3.63) is 53.1 Å². The smallest absolute Gasteiger partial charge is 0.263 e. The summed E-state index contributed by atoms with van der Waals surface area (Å²) in [6.45, 7) is 0.183. The van der Waals surface area contributed by atoms with E-state index in [1.54, 1.807) is 24.3 Å². The van der Waals surface area contributed by atoms with Gasteiger partial charge in [0.25, 0.3) is 5.91 Å². The van der Waals surface area contributed by atoms with E-state index in [2.05, 4.69) is 10.6 Å². The van der Waals surface area contributed by atoms with Gasteiger partial charge in [-0.2, -0.15) is 5.26 Å². The number of hydrogen-bond donors (Lipinski definition) is 2. The number of halogens is 1. The van der Waals surface area contributed by atoms with Gasteiger partial charge in [0.05, 0.1) is 37.7 Å². The molecule has 0 aliphatic carbocycles. The fourth-order valence-corrected chi connectivity index (χ4v) is 2.18. The molecule has 0 saturated carbocycles. The quantitative estimate of drug-likeness (QED) is 0.581. The van der Waals surface area contributed by atoms with Gasteiger partial charge in [0.15, 0.2) is 0 Å². The molecule has 0 saturated heterocycles. The van der Waals surface area contributed by atoms with Crippen LogP contribution in [0.1, 0.15) is 5.76 Å². The van der Waals surface area contributed by atoms with Crippen LogP contribution < -0.4 is 20.1 Å². The van der Waals surface area contributed by atoms with Gasteiger partial charge in [-0.15, -0.1) is 0 Å². The molecule has 0 fully saturated rings. The van der Waals surface area contributed by atoms with Gasteiger partial charge in [0.2, 0.25) is 0 Å². The lowest BCUT2D eigenvalue weighted by Crippen LogP contribution is -2.24. The van der Waals surface area contributed by atoms with Crippen LogP contribution in [0.4, 0.5) is 5.69 Å². The van der Waals surface area contributed by atoms with E-state index in [1.165, 1.54) is 26.7 Å². The number of carbonyl (C=O) groups excluding carboxylic acids is 1. The monoisotopic (exact) mass is 361 g/mol. The van der Waals surface area contributed by atoms with Crippen LogP contribution in [-0.4, -0.2) is 20.1 Å². The van der Waals surface area contributed by atoms with Gasteiger partial charge >= 0.3 is 0 Å². The predicted octanol–water partition coefficient (Wildman–Crippen LogP) is 3.09. The average Bonchev–Trinajstić information content (AvgIpc) is 3.14. The maximum absolute atomic E-state index is 12.1. The zero-order chi connectivity index (χ0) is 18.2. The minimum atomic E-state index is -0.536. The van der Waals surface area contributed by atoms with Gasteiger partial charge in [0, 0.05) is 18.3 Å². The lowest BCUT2D eigenvalue weighted by atomic mass is 10.2. The summed E-state index contributed by atoms with van der Waals surface area (Å²) < 4.78 is 15.5. The molecule has 2 N–H and O–H groups in total. The van der Waals surface area contributed by atoms with Crippen molar-refractivity contribution in [1.29, 1.82) is 5.26 Å². The SMILES string of the molecule is COc1cc(N/C=C(/C#N)C(=O)NCc2ccco2)c(OC)cc1Cl. The number of benzene rings is 1. The second kappa shape index (κ2) is 8.66. The van der Waals surface area contributed by atoms with Crippen molar-refractivity contribution in [2.75, 3.05) is 19.5 Å². The Morgan fingerprint density at radius 3 is 2.72 bits per heavy atom. The molecule has 0 unspecified atom stereocenters. The maximum atomic E-state index is 12.1. The molecule has 130 valence electrons. The van der Waals surface area contributed by atoms with E-state index in [9.17, 15) is 10.1 Å². The highest BCUT2D eigenvalue weighted by Gasteiger charge is 2.12. The van der Waals surface area contributed by atoms with E-state index in [4.69, 9.17) is 25.5 Å². The number of furan rings is 1. The summed E-state index contributed by atoms with van der Waals surface area (Å²) in [5, 5.41) is 15.0. The van der Waals surface area contributed by atoms with Crippen molar-refractivity contribution in [2.45, 2.75) is 6.54 Å². The van der Waals surface area contributed by atoms with Gasteiger partial charge in [-0.3, -0.25) is 4.79 Å². The molecule has 2 rings (SSSR count). The zero-order valence-electron chi connectivity index (χ0n) is 13.6. The van der Waals surface area contributed by atoms with Crippen LogP contribution >= 0.6 is 11.6 Å². The number of rotatable bonds is 7. The predicted molar refractivity (Wildman–Crippen MR) is 92.4 cm³/mol. The standard InChI is InChI=1S/C17H16ClN3O4/c1-23-15-7-14(16(24-2)6-13(15)18)20-9-11(8-19)17(22)21-10-12-4-3-5-25-12/h3-7,9,20H,10H2,1-2H3,(H,21,22)/b11-9-. The molecule has 1 heterocycles. The number of nitrogens with one attached hydrogen (secondary N) is 2. The summed E-state index contributed by atoms with van der Waals surface area (Å²) in [5.74, 6) is 0.920. The first kappa shape index (κ1) is 18.2. The third-order valence-corrected chi connectivity index (χ3v) is 3.51. The molecule has 8 heteroatoms. The van der Waals surface area contributed by atoms with E-state index in [1.807, 2.05) is 6.07 Å². The number of nitriles is 1. The number of methoxy groups -OCH3 is 2. The van der Waals surface area contributed by atoms with Gasteiger partial charge < -0.3 is 24.5 Å². The Balaban J connectivity index is 2.12. The zero-order valence-corrected chi connectivity index (χ0v) is 14.4. The second-order valence-electron chi connectivity index (χ2n) is 4.76. The molecule has 0 aliphatic heterocycles. The Bertz CT molecular complexity index is 810. The van der Waals surface area contributed by atoms with Crippen molar-refractivity contribution in [3.63, 3.8) is 0 Å². The number of amides is 1. The molecule has 1 aromatic carbocycles. The summed E-state index contributed by atoms with van der Waals surface area (Å²) in [5.41, 5.74) is 0.387. The number of anilines is 1. The molecule has 0 radical (unpaired) electrons. The highest BCUT2D eigenvalue weighted by molar-refractivity contribution is 6.32. The minimum Gasteiger partial charge on any atom is -0.495 e. The van der Waals surface area contributed by atoms with Crippen LogP contribution in [-0.2, 0) is 11.3 Å². The van der Waals surface area contributed by atoms with Gasteiger partial charge in [0.1, 0.15) is 28.9 Å². The van der Waals surface area contributed by atoms with Crippen LogP contribution in [0.2, 0.25) is 5.02 Å². The van der Waals surface area contributed by atoms with Crippen LogP contribution in [0.3, 0.4) is 0 Å². The van der Waals surface area contributed by atoms with Crippen LogP contribution in [0.5, 0.6) is 11.5 Å². The summed E-state index contributed by atoms with van der Waals surface area (Å²) in [7, 11) is 2.96. The Labute approximate surface area is 149 Å². The van der Waals surface area contributed by atoms with E-state index in [0.717, 1.165) is 0 Å². The first-order valence-corrected chi connectivity index (χ1v) is 7.55. The molecule has 0 aliphatic rings. The number of hydrogen-bond acceptors (Lipinski definition) is 6. The Hall–Kier alpha value is -3.11.